The normalized spacial score (nSPS) is 23.6. The van der Waals surface area contributed by atoms with Gasteiger partial charge in [0.05, 0.1) is 10.5 Å². The predicted molar refractivity (Wildman–Crippen MR) is 102 cm³/mol. The highest BCUT2D eigenvalue weighted by Crippen LogP contribution is 2.47. The third-order valence-electron chi connectivity index (χ3n) is 5.59. The summed E-state index contributed by atoms with van der Waals surface area (Å²) in [4.78, 5) is 22.4. The zero-order valence-corrected chi connectivity index (χ0v) is 15.9. The lowest BCUT2D eigenvalue weighted by atomic mass is 9.61. The van der Waals surface area contributed by atoms with Crippen LogP contribution in [0, 0.1) is 27.4 Å². The number of esters is 1. The van der Waals surface area contributed by atoms with Crippen LogP contribution in [0.3, 0.4) is 0 Å². The standard InChI is InChI=1S/C21H27NO4/c1-14-6-7-15(2)21(4,5)19(14)13-8-16(3)26-20(23)17-9-11-18(12-10-17)22(24)25/h8-13,15-16,19H,1,6-7H2,2-5H3/b13-8+/t15-,16-,19-/m1/s1. The number of hydrogen-bond acceptors (Lipinski definition) is 4. The van der Waals surface area contributed by atoms with Crippen LogP contribution >= 0.6 is 0 Å². The number of nitrogens with zero attached hydrogens (tertiary/aromatic N) is 1. The van der Waals surface area contributed by atoms with E-state index in [2.05, 4.69) is 33.4 Å². The summed E-state index contributed by atoms with van der Waals surface area (Å²) in [6.07, 6.45) is 5.79. The second-order valence-electron chi connectivity index (χ2n) is 7.70. The van der Waals surface area contributed by atoms with Crippen molar-refractivity contribution in [1.29, 1.82) is 0 Å². The second-order valence-corrected chi connectivity index (χ2v) is 7.70. The minimum Gasteiger partial charge on any atom is -0.455 e. The molecule has 0 N–H and O–H groups in total. The van der Waals surface area contributed by atoms with Gasteiger partial charge in [-0.1, -0.05) is 39.0 Å². The Labute approximate surface area is 154 Å². The van der Waals surface area contributed by atoms with Crippen molar-refractivity contribution in [3.63, 3.8) is 0 Å². The largest absolute Gasteiger partial charge is 0.455 e. The van der Waals surface area contributed by atoms with E-state index in [0.29, 0.717) is 11.5 Å². The van der Waals surface area contributed by atoms with Gasteiger partial charge < -0.3 is 4.74 Å². The van der Waals surface area contributed by atoms with Crippen molar-refractivity contribution in [2.45, 2.75) is 46.6 Å². The molecule has 5 nitrogen and oxygen atoms in total. The van der Waals surface area contributed by atoms with E-state index in [9.17, 15) is 14.9 Å². The monoisotopic (exact) mass is 357 g/mol. The first-order valence-electron chi connectivity index (χ1n) is 8.94. The van der Waals surface area contributed by atoms with E-state index in [0.717, 1.165) is 12.8 Å². The number of allylic oxidation sites excluding steroid dienone is 2. The molecule has 1 saturated carbocycles. The molecule has 1 aliphatic carbocycles. The molecule has 0 aliphatic heterocycles. The van der Waals surface area contributed by atoms with Crippen LogP contribution in [0.5, 0.6) is 0 Å². The summed E-state index contributed by atoms with van der Waals surface area (Å²) in [5.41, 5.74) is 1.58. The van der Waals surface area contributed by atoms with Gasteiger partial charge in [-0.25, -0.2) is 4.79 Å². The minimum absolute atomic E-state index is 0.0540. The average molecular weight is 357 g/mol. The van der Waals surface area contributed by atoms with Crippen LogP contribution in [0.1, 0.15) is 50.9 Å². The molecule has 3 atom stereocenters. The van der Waals surface area contributed by atoms with Gasteiger partial charge in [0.1, 0.15) is 6.10 Å². The molecular weight excluding hydrogens is 330 g/mol. The van der Waals surface area contributed by atoms with E-state index in [1.807, 2.05) is 13.0 Å². The van der Waals surface area contributed by atoms with Crippen molar-refractivity contribution >= 4 is 11.7 Å². The number of rotatable bonds is 5. The molecule has 140 valence electrons. The number of benzene rings is 1. The summed E-state index contributed by atoms with van der Waals surface area (Å²) in [5.74, 6) is 0.361. The summed E-state index contributed by atoms with van der Waals surface area (Å²) < 4.78 is 5.43. The molecular formula is C21H27NO4. The van der Waals surface area contributed by atoms with Crippen LogP contribution in [-0.2, 0) is 4.74 Å². The molecule has 0 heterocycles. The Morgan fingerprint density at radius 2 is 2.00 bits per heavy atom. The molecule has 1 aromatic rings. The third-order valence-corrected chi connectivity index (χ3v) is 5.59. The molecule has 0 bridgehead atoms. The van der Waals surface area contributed by atoms with Crippen LogP contribution in [0.4, 0.5) is 5.69 Å². The summed E-state index contributed by atoms with van der Waals surface area (Å²) in [6.45, 7) is 12.8. The Hall–Kier alpha value is -2.43. The summed E-state index contributed by atoms with van der Waals surface area (Å²) in [5, 5.41) is 10.7. The molecule has 0 aromatic heterocycles. The molecule has 5 heteroatoms. The van der Waals surface area contributed by atoms with Gasteiger partial charge in [-0.2, -0.15) is 0 Å². The molecule has 1 aromatic carbocycles. The van der Waals surface area contributed by atoms with Crippen LogP contribution in [0.25, 0.3) is 0 Å². The fourth-order valence-electron chi connectivity index (χ4n) is 3.41. The number of ether oxygens (including phenoxy) is 1. The number of non-ortho nitro benzene ring substituents is 1. The molecule has 1 fully saturated rings. The number of hydrogen-bond donors (Lipinski definition) is 0. The van der Waals surface area contributed by atoms with Crippen molar-refractivity contribution in [3.05, 3.63) is 64.2 Å². The molecule has 2 rings (SSSR count). The van der Waals surface area contributed by atoms with Gasteiger partial charge in [0.2, 0.25) is 0 Å². The average Bonchev–Trinajstić information content (AvgIpc) is 2.58. The van der Waals surface area contributed by atoms with Crippen LogP contribution < -0.4 is 0 Å². The van der Waals surface area contributed by atoms with E-state index >= 15 is 0 Å². The Kier molecular flexibility index (Phi) is 6.01. The zero-order chi connectivity index (χ0) is 19.5. The van der Waals surface area contributed by atoms with Gasteiger partial charge in [0.15, 0.2) is 0 Å². The topological polar surface area (TPSA) is 69.4 Å². The van der Waals surface area contributed by atoms with Gasteiger partial charge in [-0.05, 0) is 49.3 Å². The van der Waals surface area contributed by atoms with Crippen molar-refractivity contribution in [1.82, 2.24) is 0 Å². The summed E-state index contributed by atoms with van der Waals surface area (Å²) in [6, 6.07) is 5.41. The minimum atomic E-state index is -0.500. The Balaban J connectivity index is 2.01. The van der Waals surface area contributed by atoms with Crippen molar-refractivity contribution < 1.29 is 14.5 Å². The van der Waals surface area contributed by atoms with E-state index in [4.69, 9.17) is 4.74 Å². The fraction of sp³-hybridized carbons (Fsp3) is 0.476. The summed E-state index contributed by atoms with van der Waals surface area (Å²) >= 11 is 0. The first-order chi connectivity index (χ1) is 12.1. The van der Waals surface area contributed by atoms with Gasteiger partial charge in [0, 0.05) is 18.1 Å². The van der Waals surface area contributed by atoms with E-state index in [1.165, 1.54) is 29.8 Å². The maximum atomic E-state index is 12.2. The molecule has 26 heavy (non-hydrogen) atoms. The van der Waals surface area contributed by atoms with Crippen molar-refractivity contribution in [3.8, 4) is 0 Å². The fourth-order valence-corrected chi connectivity index (χ4v) is 3.41. The molecule has 0 amide bonds. The van der Waals surface area contributed by atoms with E-state index < -0.39 is 17.0 Å². The Morgan fingerprint density at radius 1 is 1.38 bits per heavy atom. The number of nitro benzene ring substituents is 1. The number of nitro groups is 1. The number of carbonyl (C=O) groups excluding carboxylic acids is 1. The van der Waals surface area contributed by atoms with Gasteiger partial charge in [-0.15, -0.1) is 0 Å². The number of carbonyl (C=O) groups is 1. The van der Waals surface area contributed by atoms with E-state index in [-0.39, 0.29) is 17.0 Å². The van der Waals surface area contributed by atoms with E-state index in [1.54, 1.807) is 0 Å². The van der Waals surface area contributed by atoms with Gasteiger partial charge >= 0.3 is 5.97 Å². The first-order valence-corrected chi connectivity index (χ1v) is 8.94. The maximum absolute atomic E-state index is 12.2. The van der Waals surface area contributed by atoms with Crippen LogP contribution in [0.2, 0.25) is 0 Å². The quantitative estimate of drug-likeness (QED) is 0.309. The highest BCUT2D eigenvalue weighted by Gasteiger charge is 2.38. The van der Waals surface area contributed by atoms with Crippen molar-refractivity contribution in [2.75, 3.05) is 0 Å². The predicted octanol–water partition coefficient (Wildman–Crippen LogP) is 5.32. The molecule has 1 aliphatic rings. The smallest absolute Gasteiger partial charge is 0.338 e. The SMILES string of the molecule is C=C1CC[C@@H](C)C(C)(C)[C@@H]1/C=C/[C@@H](C)OC(=O)c1ccc([N+](=O)[O-])cc1. The van der Waals surface area contributed by atoms with Gasteiger partial charge in [-0.3, -0.25) is 10.1 Å². The maximum Gasteiger partial charge on any atom is 0.338 e. The molecule has 0 saturated heterocycles. The van der Waals surface area contributed by atoms with Crippen LogP contribution in [0.15, 0.2) is 48.6 Å². The highest BCUT2D eigenvalue weighted by atomic mass is 16.6. The van der Waals surface area contributed by atoms with Crippen molar-refractivity contribution in [2.24, 2.45) is 17.3 Å². The zero-order valence-electron chi connectivity index (χ0n) is 15.9. The third kappa shape index (κ3) is 4.40. The molecule has 0 spiro atoms. The Morgan fingerprint density at radius 3 is 2.58 bits per heavy atom. The molecule has 0 unspecified atom stereocenters. The lowest BCUT2D eigenvalue weighted by Crippen LogP contribution is -2.35. The lowest BCUT2D eigenvalue weighted by molar-refractivity contribution is -0.384. The Bertz CT molecular complexity index is 718. The highest BCUT2D eigenvalue weighted by molar-refractivity contribution is 5.89. The second kappa shape index (κ2) is 7.85. The summed E-state index contributed by atoms with van der Waals surface area (Å²) in [7, 11) is 0. The lowest BCUT2D eigenvalue weighted by Gasteiger charge is -2.44. The molecule has 0 radical (unpaired) electrons. The van der Waals surface area contributed by atoms with Crippen LogP contribution in [-0.4, -0.2) is 17.0 Å². The van der Waals surface area contributed by atoms with Gasteiger partial charge in [0.25, 0.3) is 5.69 Å². The first kappa shape index (κ1) is 19.9.